The van der Waals surface area contributed by atoms with Crippen molar-refractivity contribution in [3.63, 3.8) is 0 Å². The Balaban J connectivity index is 1.38. The van der Waals surface area contributed by atoms with E-state index in [1.807, 2.05) is 64.9 Å². The number of hydrogen-bond donors (Lipinski definition) is 1. The van der Waals surface area contributed by atoms with Crippen molar-refractivity contribution in [2.75, 3.05) is 20.2 Å². The fourth-order valence-electron chi connectivity index (χ4n) is 4.41. The summed E-state index contributed by atoms with van der Waals surface area (Å²) in [6.45, 7) is 1.03. The molecule has 6 heteroatoms. The lowest BCUT2D eigenvalue weighted by atomic mass is 9.88. The minimum absolute atomic E-state index is 0.0158. The number of piperidine rings is 1. The van der Waals surface area contributed by atoms with Gasteiger partial charge in [0.25, 0.3) is 0 Å². The predicted octanol–water partition coefficient (Wildman–Crippen LogP) is 4.64. The van der Waals surface area contributed by atoms with Crippen LogP contribution in [0.25, 0.3) is 0 Å². The lowest BCUT2D eigenvalue weighted by Crippen LogP contribution is -2.47. The molecule has 0 saturated carbocycles. The summed E-state index contributed by atoms with van der Waals surface area (Å²) in [6, 6.07) is 22.0. The maximum atomic E-state index is 13.3. The summed E-state index contributed by atoms with van der Waals surface area (Å²) in [5.41, 5.74) is 2.28. The number of carbonyl (C=O) groups is 2. The summed E-state index contributed by atoms with van der Waals surface area (Å²) in [5, 5.41) is 5.08. The van der Waals surface area contributed by atoms with Crippen LogP contribution in [0.2, 0.25) is 0 Å². The summed E-state index contributed by atoms with van der Waals surface area (Å²) in [4.78, 5) is 29.2. The fourth-order valence-corrected chi connectivity index (χ4v) is 5.11. The lowest BCUT2D eigenvalue weighted by molar-refractivity contribution is -0.138. The van der Waals surface area contributed by atoms with Crippen molar-refractivity contribution in [2.45, 2.75) is 31.7 Å². The van der Waals surface area contributed by atoms with Crippen molar-refractivity contribution >= 4 is 23.2 Å². The highest BCUT2D eigenvalue weighted by Crippen LogP contribution is 2.34. The topological polar surface area (TPSA) is 58.6 Å². The number of ether oxygens (including phenoxy) is 1. The van der Waals surface area contributed by atoms with Gasteiger partial charge in [0.15, 0.2) is 0 Å². The quantitative estimate of drug-likeness (QED) is 0.531. The van der Waals surface area contributed by atoms with Crippen LogP contribution in [-0.2, 0) is 22.4 Å². The molecule has 0 bridgehead atoms. The number of hydrogen-bond acceptors (Lipinski definition) is 4. The highest BCUT2D eigenvalue weighted by Gasteiger charge is 2.35. The smallest absolute Gasteiger partial charge is 0.228 e. The molecule has 5 nitrogen and oxygen atoms in total. The van der Waals surface area contributed by atoms with Crippen LogP contribution in [0.5, 0.6) is 5.75 Å². The first kappa shape index (κ1) is 23.1. The Morgan fingerprint density at radius 3 is 2.52 bits per heavy atom. The average Bonchev–Trinajstić information content (AvgIpc) is 3.37. The van der Waals surface area contributed by atoms with Gasteiger partial charge in [-0.25, -0.2) is 0 Å². The van der Waals surface area contributed by atoms with Crippen molar-refractivity contribution in [1.82, 2.24) is 10.2 Å². The number of thiophene rings is 1. The number of nitrogens with one attached hydrogen (secondary N) is 1. The van der Waals surface area contributed by atoms with Crippen molar-refractivity contribution < 1.29 is 14.3 Å². The molecule has 2 unspecified atom stereocenters. The molecular formula is C27H30N2O3S. The minimum Gasteiger partial charge on any atom is -0.497 e. The zero-order chi connectivity index (χ0) is 23.0. The molecule has 1 aliphatic heterocycles. The van der Waals surface area contributed by atoms with Crippen LogP contribution in [0.15, 0.2) is 72.1 Å². The van der Waals surface area contributed by atoms with E-state index in [-0.39, 0.29) is 23.8 Å². The van der Waals surface area contributed by atoms with E-state index in [4.69, 9.17) is 4.74 Å². The van der Waals surface area contributed by atoms with Gasteiger partial charge in [-0.05, 0) is 54.0 Å². The molecule has 2 atom stereocenters. The minimum atomic E-state index is -0.187. The molecule has 1 saturated heterocycles. The van der Waals surface area contributed by atoms with Crippen LogP contribution in [0.3, 0.4) is 0 Å². The second kappa shape index (κ2) is 11.1. The Morgan fingerprint density at radius 2 is 1.82 bits per heavy atom. The lowest BCUT2D eigenvalue weighted by Gasteiger charge is -2.39. The molecule has 2 aromatic carbocycles. The monoisotopic (exact) mass is 462 g/mol. The van der Waals surface area contributed by atoms with Gasteiger partial charge in [-0.3, -0.25) is 9.59 Å². The number of nitrogens with zero attached hydrogens (tertiary/aromatic N) is 1. The highest BCUT2D eigenvalue weighted by atomic mass is 32.1. The van der Waals surface area contributed by atoms with Gasteiger partial charge in [-0.2, -0.15) is 0 Å². The molecule has 0 spiro atoms. The van der Waals surface area contributed by atoms with Crippen LogP contribution in [0.1, 0.15) is 34.9 Å². The normalized spacial score (nSPS) is 18.0. The molecule has 172 valence electrons. The maximum Gasteiger partial charge on any atom is 0.228 e. The molecule has 4 rings (SSSR count). The van der Waals surface area contributed by atoms with Gasteiger partial charge in [0.05, 0.1) is 25.5 Å². The van der Waals surface area contributed by atoms with Crippen molar-refractivity contribution in [1.29, 1.82) is 0 Å². The van der Waals surface area contributed by atoms with E-state index in [0.717, 1.165) is 41.0 Å². The van der Waals surface area contributed by atoms with Crippen LogP contribution >= 0.6 is 11.3 Å². The van der Waals surface area contributed by atoms with Crippen molar-refractivity contribution in [3.05, 3.63) is 88.1 Å². The van der Waals surface area contributed by atoms with E-state index in [0.29, 0.717) is 19.5 Å². The highest BCUT2D eigenvalue weighted by molar-refractivity contribution is 7.10. The van der Waals surface area contributed by atoms with Gasteiger partial charge in [0.1, 0.15) is 5.75 Å². The number of rotatable bonds is 8. The molecule has 33 heavy (non-hydrogen) atoms. The molecule has 1 aromatic heterocycles. The van der Waals surface area contributed by atoms with Crippen molar-refractivity contribution in [2.24, 2.45) is 5.92 Å². The first-order valence-corrected chi connectivity index (χ1v) is 12.3. The molecule has 1 fully saturated rings. The Hall–Kier alpha value is -3.12. The van der Waals surface area contributed by atoms with E-state index >= 15 is 0 Å². The third-order valence-corrected chi connectivity index (χ3v) is 7.11. The number of amides is 2. The standard InChI is InChI=1S/C27H30N2O3S/c1-32-23-12-9-20(10-13-23)15-16-28-27(31)22-11-14-25(21-6-3-2-4-7-21)29(19-22)26(30)18-24-8-5-17-33-24/h2-10,12-13,17,22,25H,11,14-16,18-19H2,1H3,(H,28,31). The zero-order valence-electron chi connectivity index (χ0n) is 18.9. The Morgan fingerprint density at radius 1 is 1.03 bits per heavy atom. The zero-order valence-corrected chi connectivity index (χ0v) is 19.7. The summed E-state index contributed by atoms with van der Waals surface area (Å²) >= 11 is 1.60. The van der Waals surface area contributed by atoms with Gasteiger partial charge < -0.3 is 15.0 Å². The maximum absolute atomic E-state index is 13.3. The molecule has 0 aliphatic carbocycles. The van der Waals surface area contributed by atoms with E-state index in [9.17, 15) is 9.59 Å². The van der Waals surface area contributed by atoms with Crippen LogP contribution in [-0.4, -0.2) is 36.9 Å². The van der Waals surface area contributed by atoms with Gasteiger partial charge >= 0.3 is 0 Å². The molecule has 1 N–H and O–H groups in total. The van der Waals surface area contributed by atoms with Crippen molar-refractivity contribution in [3.8, 4) is 5.75 Å². The van der Waals surface area contributed by atoms with Gasteiger partial charge in [-0.15, -0.1) is 11.3 Å². The molecule has 1 aliphatic rings. The third-order valence-electron chi connectivity index (χ3n) is 6.23. The number of benzene rings is 2. The van der Waals surface area contributed by atoms with Crippen LogP contribution in [0, 0.1) is 5.92 Å². The van der Waals surface area contributed by atoms with E-state index in [2.05, 4.69) is 17.4 Å². The van der Waals surface area contributed by atoms with Gasteiger partial charge in [0, 0.05) is 18.0 Å². The van der Waals surface area contributed by atoms with Crippen LogP contribution in [0.4, 0.5) is 0 Å². The SMILES string of the molecule is COc1ccc(CCNC(=O)C2CCC(c3ccccc3)N(C(=O)Cc3cccs3)C2)cc1. The van der Waals surface area contributed by atoms with E-state index in [1.54, 1.807) is 18.4 Å². The number of methoxy groups -OCH3 is 1. The average molecular weight is 463 g/mol. The largest absolute Gasteiger partial charge is 0.497 e. The third kappa shape index (κ3) is 6.02. The van der Waals surface area contributed by atoms with E-state index in [1.165, 1.54) is 0 Å². The second-order valence-corrected chi connectivity index (χ2v) is 9.42. The number of carbonyl (C=O) groups excluding carboxylic acids is 2. The second-order valence-electron chi connectivity index (χ2n) is 8.39. The molecule has 3 aromatic rings. The summed E-state index contributed by atoms with van der Waals surface area (Å²) in [5.74, 6) is 0.754. The Kier molecular flexibility index (Phi) is 7.79. The number of likely N-dealkylation sites (tertiary alicyclic amines) is 1. The Bertz CT molecular complexity index is 1030. The van der Waals surface area contributed by atoms with Gasteiger partial charge in [-0.1, -0.05) is 48.5 Å². The fraction of sp³-hybridized carbons (Fsp3) is 0.333. The molecule has 2 amide bonds. The molecule has 2 heterocycles. The first-order chi connectivity index (χ1) is 16.1. The summed E-state index contributed by atoms with van der Waals surface area (Å²) in [7, 11) is 1.65. The van der Waals surface area contributed by atoms with Gasteiger partial charge in [0.2, 0.25) is 11.8 Å². The predicted molar refractivity (Wildman–Crippen MR) is 131 cm³/mol. The first-order valence-electron chi connectivity index (χ1n) is 11.4. The summed E-state index contributed by atoms with van der Waals surface area (Å²) in [6.07, 6.45) is 2.70. The molecular weight excluding hydrogens is 432 g/mol. The van der Waals surface area contributed by atoms with Crippen LogP contribution < -0.4 is 10.1 Å². The molecule has 0 radical (unpaired) electrons. The Labute approximate surface area is 199 Å². The summed E-state index contributed by atoms with van der Waals surface area (Å²) < 4.78 is 5.19. The van der Waals surface area contributed by atoms with E-state index < -0.39 is 0 Å².